The van der Waals surface area contributed by atoms with Gasteiger partial charge >= 0.3 is 0 Å². The first kappa shape index (κ1) is 13.4. The van der Waals surface area contributed by atoms with Crippen LogP contribution < -0.4 is 5.32 Å². The molecule has 0 radical (unpaired) electrons. The highest BCUT2D eigenvalue weighted by Crippen LogP contribution is 2.49. The Morgan fingerprint density at radius 1 is 1.32 bits per heavy atom. The SMILES string of the molecule is C[C@@H](NC(=O)CN1CCOCC1)[C@@H]1C[C@@H]2CC[C@H]1C2. The minimum absolute atomic E-state index is 0.192. The average Bonchev–Trinajstić information content (AvgIpc) is 3.02. The number of amides is 1. The van der Waals surface area contributed by atoms with E-state index >= 15 is 0 Å². The molecule has 0 aromatic heterocycles. The van der Waals surface area contributed by atoms with Gasteiger partial charge in [0.1, 0.15) is 0 Å². The van der Waals surface area contributed by atoms with Crippen molar-refractivity contribution in [2.75, 3.05) is 32.8 Å². The summed E-state index contributed by atoms with van der Waals surface area (Å²) < 4.78 is 5.30. The summed E-state index contributed by atoms with van der Waals surface area (Å²) in [6, 6.07) is 0.351. The molecule has 0 unspecified atom stereocenters. The number of fused-ring (bicyclic) bond motifs is 2. The van der Waals surface area contributed by atoms with E-state index in [1.165, 1.54) is 25.7 Å². The molecule has 0 aromatic carbocycles. The number of nitrogens with zero attached hydrogens (tertiary/aromatic N) is 1. The maximum Gasteiger partial charge on any atom is 0.234 e. The van der Waals surface area contributed by atoms with Crippen LogP contribution in [0.5, 0.6) is 0 Å². The quantitative estimate of drug-likeness (QED) is 0.833. The number of rotatable bonds is 4. The molecular weight excluding hydrogens is 240 g/mol. The molecule has 2 bridgehead atoms. The van der Waals surface area contributed by atoms with Crippen LogP contribution in [0.15, 0.2) is 0 Å². The predicted molar refractivity (Wildman–Crippen MR) is 73.8 cm³/mol. The molecule has 4 nitrogen and oxygen atoms in total. The third-order valence-electron chi connectivity index (χ3n) is 5.29. The third kappa shape index (κ3) is 3.11. The van der Waals surface area contributed by atoms with Crippen LogP contribution in [0.4, 0.5) is 0 Å². The Bertz CT molecular complexity index is 328. The van der Waals surface area contributed by atoms with Crippen molar-refractivity contribution in [1.82, 2.24) is 10.2 Å². The van der Waals surface area contributed by atoms with Crippen LogP contribution in [-0.4, -0.2) is 49.7 Å². The highest BCUT2D eigenvalue weighted by molar-refractivity contribution is 5.78. The van der Waals surface area contributed by atoms with Gasteiger partial charge in [-0.1, -0.05) is 6.42 Å². The van der Waals surface area contributed by atoms with E-state index in [1.807, 2.05) is 0 Å². The Morgan fingerprint density at radius 3 is 2.74 bits per heavy atom. The Kier molecular flexibility index (Phi) is 4.08. The Morgan fingerprint density at radius 2 is 2.11 bits per heavy atom. The summed E-state index contributed by atoms with van der Waals surface area (Å²) in [6.07, 6.45) is 5.56. The molecule has 2 saturated carbocycles. The van der Waals surface area contributed by atoms with E-state index in [2.05, 4.69) is 17.1 Å². The molecule has 19 heavy (non-hydrogen) atoms. The van der Waals surface area contributed by atoms with Gasteiger partial charge in [0.05, 0.1) is 19.8 Å². The van der Waals surface area contributed by atoms with Gasteiger partial charge in [0.25, 0.3) is 0 Å². The fourth-order valence-electron chi connectivity index (χ4n) is 4.28. The maximum atomic E-state index is 12.1. The Balaban J connectivity index is 1.43. The zero-order valence-corrected chi connectivity index (χ0v) is 11.9. The second-order valence-corrected chi connectivity index (χ2v) is 6.58. The molecule has 108 valence electrons. The Hall–Kier alpha value is -0.610. The molecule has 0 spiro atoms. The van der Waals surface area contributed by atoms with Crippen molar-refractivity contribution in [3.63, 3.8) is 0 Å². The van der Waals surface area contributed by atoms with Gasteiger partial charge in [-0.3, -0.25) is 9.69 Å². The molecule has 3 aliphatic rings. The molecule has 3 fully saturated rings. The highest BCUT2D eigenvalue weighted by atomic mass is 16.5. The van der Waals surface area contributed by atoms with E-state index in [0.717, 1.165) is 44.1 Å². The van der Waals surface area contributed by atoms with Crippen molar-refractivity contribution in [2.24, 2.45) is 17.8 Å². The first-order chi connectivity index (χ1) is 9.22. The molecule has 1 aliphatic heterocycles. The predicted octanol–water partition coefficient (Wildman–Crippen LogP) is 1.26. The first-order valence-corrected chi connectivity index (χ1v) is 7.82. The van der Waals surface area contributed by atoms with Crippen molar-refractivity contribution in [1.29, 1.82) is 0 Å². The van der Waals surface area contributed by atoms with Gasteiger partial charge < -0.3 is 10.1 Å². The molecule has 1 amide bonds. The lowest BCUT2D eigenvalue weighted by molar-refractivity contribution is -0.124. The van der Waals surface area contributed by atoms with Crippen molar-refractivity contribution in [3.05, 3.63) is 0 Å². The first-order valence-electron chi connectivity index (χ1n) is 7.82. The largest absolute Gasteiger partial charge is 0.379 e. The maximum absolute atomic E-state index is 12.1. The summed E-state index contributed by atoms with van der Waals surface area (Å²) in [5.41, 5.74) is 0. The van der Waals surface area contributed by atoms with E-state index in [-0.39, 0.29) is 5.91 Å². The van der Waals surface area contributed by atoms with E-state index < -0.39 is 0 Å². The monoisotopic (exact) mass is 266 g/mol. The highest BCUT2D eigenvalue weighted by Gasteiger charge is 2.42. The number of hydrogen-bond donors (Lipinski definition) is 1. The fraction of sp³-hybridized carbons (Fsp3) is 0.933. The van der Waals surface area contributed by atoms with Crippen LogP contribution in [0.1, 0.15) is 32.6 Å². The molecule has 1 saturated heterocycles. The summed E-state index contributed by atoms with van der Waals surface area (Å²) in [6.45, 7) is 6.02. The van der Waals surface area contributed by atoms with Crippen LogP contribution in [0.25, 0.3) is 0 Å². The van der Waals surface area contributed by atoms with Gasteiger partial charge in [0.15, 0.2) is 0 Å². The van der Waals surface area contributed by atoms with E-state index in [9.17, 15) is 4.79 Å². The van der Waals surface area contributed by atoms with Crippen LogP contribution in [0.3, 0.4) is 0 Å². The van der Waals surface area contributed by atoms with Crippen molar-refractivity contribution >= 4 is 5.91 Å². The lowest BCUT2D eigenvalue weighted by Crippen LogP contribution is -2.47. The summed E-state index contributed by atoms with van der Waals surface area (Å²) >= 11 is 0. The summed E-state index contributed by atoms with van der Waals surface area (Å²) in [5.74, 6) is 2.75. The number of morpholine rings is 1. The van der Waals surface area contributed by atoms with Gasteiger partial charge in [0.2, 0.25) is 5.91 Å². The number of carbonyl (C=O) groups excluding carboxylic acids is 1. The van der Waals surface area contributed by atoms with Gasteiger partial charge in [-0.2, -0.15) is 0 Å². The van der Waals surface area contributed by atoms with Gasteiger partial charge in [-0.05, 0) is 43.9 Å². The Labute approximate surface area is 115 Å². The number of ether oxygens (including phenoxy) is 1. The normalized spacial score (nSPS) is 36.4. The molecule has 3 rings (SSSR count). The smallest absolute Gasteiger partial charge is 0.234 e. The molecule has 1 N–H and O–H groups in total. The standard InChI is InChI=1S/C15H26N2O2/c1-11(14-9-12-2-3-13(14)8-12)16-15(18)10-17-4-6-19-7-5-17/h11-14H,2-10H2,1H3,(H,16,18)/t11-,12-,13+,14+/m1/s1. The average molecular weight is 266 g/mol. The van der Waals surface area contributed by atoms with Crippen LogP contribution in [-0.2, 0) is 9.53 Å². The lowest BCUT2D eigenvalue weighted by atomic mass is 9.84. The minimum Gasteiger partial charge on any atom is -0.379 e. The fourth-order valence-corrected chi connectivity index (χ4v) is 4.28. The van der Waals surface area contributed by atoms with Crippen LogP contribution >= 0.6 is 0 Å². The third-order valence-corrected chi connectivity index (χ3v) is 5.29. The minimum atomic E-state index is 0.192. The van der Waals surface area contributed by atoms with Gasteiger partial charge in [-0.25, -0.2) is 0 Å². The van der Waals surface area contributed by atoms with Crippen molar-refractivity contribution in [3.8, 4) is 0 Å². The van der Waals surface area contributed by atoms with Gasteiger partial charge in [0, 0.05) is 19.1 Å². The van der Waals surface area contributed by atoms with Gasteiger partial charge in [-0.15, -0.1) is 0 Å². The molecule has 0 aromatic rings. The molecule has 4 heteroatoms. The van der Waals surface area contributed by atoms with E-state index in [0.29, 0.717) is 12.6 Å². The summed E-state index contributed by atoms with van der Waals surface area (Å²) in [7, 11) is 0. The second kappa shape index (κ2) is 5.80. The van der Waals surface area contributed by atoms with E-state index in [4.69, 9.17) is 4.74 Å². The molecule has 1 heterocycles. The number of carbonyl (C=O) groups is 1. The topological polar surface area (TPSA) is 41.6 Å². The number of nitrogens with one attached hydrogen (secondary N) is 1. The van der Waals surface area contributed by atoms with Crippen LogP contribution in [0.2, 0.25) is 0 Å². The molecule has 2 aliphatic carbocycles. The van der Waals surface area contributed by atoms with Crippen molar-refractivity contribution in [2.45, 2.75) is 38.6 Å². The van der Waals surface area contributed by atoms with Crippen LogP contribution in [0, 0.1) is 17.8 Å². The summed E-state index contributed by atoms with van der Waals surface area (Å²) in [5, 5.41) is 3.23. The second-order valence-electron chi connectivity index (χ2n) is 6.58. The lowest BCUT2D eigenvalue weighted by Gasteiger charge is -2.30. The van der Waals surface area contributed by atoms with E-state index in [1.54, 1.807) is 0 Å². The zero-order valence-electron chi connectivity index (χ0n) is 11.9. The van der Waals surface area contributed by atoms with Crippen molar-refractivity contribution < 1.29 is 9.53 Å². The summed E-state index contributed by atoms with van der Waals surface area (Å²) in [4.78, 5) is 14.3. The molecular formula is C15H26N2O2. The number of hydrogen-bond acceptors (Lipinski definition) is 3. The molecule has 4 atom stereocenters. The zero-order chi connectivity index (χ0) is 13.2.